The van der Waals surface area contributed by atoms with Crippen LogP contribution in [0.1, 0.15) is 31.4 Å². The molecule has 0 fully saturated rings. The molecule has 2 nitrogen and oxygen atoms in total. The summed E-state index contributed by atoms with van der Waals surface area (Å²) in [5.41, 5.74) is 1.34. The molecule has 0 heterocycles. The third kappa shape index (κ3) is 7.07. The highest BCUT2D eigenvalue weighted by molar-refractivity contribution is 9.10. The molecule has 1 aromatic rings. The molecule has 1 unspecified atom stereocenters. The zero-order valence-corrected chi connectivity index (χ0v) is 14.6. The van der Waals surface area contributed by atoms with E-state index in [1.165, 1.54) is 5.56 Å². The lowest BCUT2D eigenvalue weighted by molar-refractivity contribution is 0.307. The van der Waals surface area contributed by atoms with Crippen LogP contribution in [0.25, 0.3) is 0 Å². The van der Waals surface area contributed by atoms with Crippen LogP contribution in [0.15, 0.2) is 54.0 Å². The van der Waals surface area contributed by atoms with Gasteiger partial charge in [-0.3, -0.25) is 4.90 Å². The van der Waals surface area contributed by atoms with E-state index >= 15 is 0 Å². The van der Waals surface area contributed by atoms with Crippen molar-refractivity contribution in [3.8, 4) is 0 Å². The molecule has 1 rings (SSSR count). The van der Waals surface area contributed by atoms with Crippen LogP contribution in [0, 0.1) is 0 Å². The van der Waals surface area contributed by atoms with E-state index in [9.17, 15) is 0 Å². The number of hydrogen-bond acceptors (Lipinski definition) is 2. The van der Waals surface area contributed by atoms with Gasteiger partial charge in [-0.05, 0) is 37.1 Å². The first-order chi connectivity index (χ1) is 10.2. The largest absolute Gasteiger partial charge is 0.310 e. The molecule has 0 bridgehead atoms. The number of nitrogens with one attached hydrogen (secondary N) is 1. The van der Waals surface area contributed by atoms with Crippen LogP contribution in [0.3, 0.4) is 0 Å². The molecule has 0 aliphatic rings. The summed E-state index contributed by atoms with van der Waals surface area (Å²) in [4.78, 5) is 2.36. The second-order valence-corrected chi connectivity index (χ2v) is 6.10. The molecule has 1 aromatic carbocycles. The smallest absolute Gasteiger partial charge is 0.0332 e. The van der Waals surface area contributed by atoms with Crippen molar-refractivity contribution in [2.24, 2.45) is 0 Å². The number of hydrogen-bond donors (Lipinski definition) is 1. The first-order valence-corrected chi connectivity index (χ1v) is 8.43. The van der Waals surface area contributed by atoms with Crippen molar-refractivity contribution in [1.82, 2.24) is 10.2 Å². The van der Waals surface area contributed by atoms with Crippen molar-refractivity contribution >= 4 is 15.9 Å². The van der Waals surface area contributed by atoms with Gasteiger partial charge in [0.2, 0.25) is 0 Å². The Morgan fingerprint density at radius 3 is 2.57 bits per heavy atom. The van der Waals surface area contributed by atoms with Crippen LogP contribution in [0.2, 0.25) is 0 Å². The third-order valence-electron chi connectivity index (χ3n) is 3.40. The normalized spacial score (nSPS) is 12.3. The molecule has 0 aliphatic heterocycles. The van der Waals surface area contributed by atoms with Crippen LogP contribution < -0.4 is 5.32 Å². The molecule has 0 spiro atoms. The average Bonchev–Trinajstić information content (AvgIpc) is 2.47. The number of nitrogens with zero attached hydrogens (tertiary/aromatic N) is 1. The lowest BCUT2D eigenvalue weighted by Gasteiger charge is -2.24. The van der Waals surface area contributed by atoms with Crippen molar-refractivity contribution < 1.29 is 0 Å². The molecule has 0 radical (unpaired) electrons. The first kappa shape index (κ1) is 18.1. The molecule has 0 aliphatic carbocycles. The van der Waals surface area contributed by atoms with E-state index in [0.717, 1.165) is 43.5 Å². The van der Waals surface area contributed by atoms with Gasteiger partial charge in [-0.25, -0.2) is 0 Å². The second kappa shape index (κ2) is 10.8. The van der Waals surface area contributed by atoms with Crippen molar-refractivity contribution in [3.05, 3.63) is 59.6 Å². The Morgan fingerprint density at radius 2 is 2.00 bits per heavy atom. The van der Waals surface area contributed by atoms with Gasteiger partial charge in [0, 0.05) is 30.1 Å². The molecule has 0 amide bonds. The molecule has 1 atom stereocenters. The summed E-state index contributed by atoms with van der Waals surface area (Å²) >= 11 is 3.56. The highest BCUT2D eigenvalue weighted by Crippen LogP contribution is 2.21. The summed E-state index contributed by atoms with van der Waals surface area (Å²) in [6, 6.07) is 8.97. The van der Waals surface area contributed by atoms with E-state index in [1.807, 2.05) is 12.2 Å². The highest BCUT2D eigenvalue weighted by Gasteiger charge is 2.12. The van der Waals surface area contributed by atoms with Gasteiger partial charge >= 0.3 is 0 Å². The van der Waals surface area contributed by atoms with Crippen LogP contribution >= 0.6 is 15.9 Å². The maximum Gasteiger partial charge on any atom is 0.0332 e. The Kier molecular flexibility index (Phi) is 9.31. The van der Waals surface area contributed by atoms with Crippen LogP contribution in [-0.4, -0.2) is 31.1 Å². The van der Waals surface area contributed by atoms with Gasteiger partial charge in [-0.2, -0.15) is 0 Å². The number of benzene rings is 1. The zero-order valence-electron chi connectivity index (χ0n) is 13.0. The van der Waals surface area contributed by atoms with E-state index in [1.54, 1.807) is 0 Å². The fraction of sp³-hybridized carbons (Fsp3) is 0.444. The van der Waals surface area contributed by atoms with Gasteiger partial charge in [0.15, 0.2) is 0 Å². The van der Waals surface area contributed by atoms with E-state index in [4.69, 9.17) is 0 Å². The Hall–Kier alpha value is -0.900. The fourth-order valence-electron chi connectivity index (χ4n) is 2.36. The maximum atomic E-state index is 3.83. The minimum absolute atomic E-state index is 0.389. The quantitative estimate of drug-likeness (QED) is 0.588. The van der Waals surface area contributed by atoms with Crippen molar-refractivity contribution in [1.29, 1.82) is 0 Å². The summed E-state index contributed by atoms with van der Waals surface area (Å²) in [5, 5.41) is 3.65. The first-order valence-electron chi connectivity index (χ1n) is 7.64. The Balaban J connectivity index is 2.68. The third-order valence-corrected chi connectivity index (χ3v) is 3.89. The fourth-order valence-corrected chi connectivity index (χ4v) is 2.78. The number of halogens is 1. The molecule has 116 valence electrons. The van der Waals surface area contributed by atoms with Gasteiger partial charge in [-0.15, -0.1) is 13.2 Å². The van der Waals surface area contributed by atoms with Gasteiger partial charge in [0.1, 0.15) is 0 Å². The molecule has 21 heavy (non-hydrogen) atoms. The lowest BCUT2D eigenvalue weighted by Crippen LogP contribution is -2.30. The predicted molar refractivity (Wildman–Crippen MR) is 96.6 cm³/mol. The van der Waals surface area contributed by atoms with E-state index in [2.05, 4.69) is 70.5 Å². The molecule has 3 heteroatoms. The van der Waals surface area contributed by atoms with Gasteiger partial charge < -0.3 is 5.32 Å². The minimum Gasteiger partial charge on any atom is -0.310 e. The number of rotatable bonds is 11. The predicted octanol–water partition coefficient (Wildman–Crippen LogP) is 4.55. The Labute approximate surface area is 138 Å². The summed E-state index contributed by atoms with van der Waals surface area (Å²) in [6.45, 7) is 13.8. The molecule has 0 aromatic heterocycles. The molecular formula is C18H27BrN2. The van der Waals surface area contributed by atoms with Crippen LogP contribution in [0.4, 0.5) is 0 Å². The Bertz CT molecular complexity index is 421. The second-order valence-electron chi connectivity index (χ2n) is 5.19. The highest BCUT2D eigenvalue weighted by atomic mass is 79.9. The summed E-state index contributed by atoms with van der Waals surface area (Å²) in [7, 11) is 0. The monoisotopic (exact) mass is 350 g/mol. The summed E-state index contributed by atoms with van der Waals surface area (Å²) in [6.07, 6.45) is 6.14. The van der Waals surface area contributed by atoms with Crippen LogP contribution in [0.5, 0.6) is 0 Å². The standard InChI is InChI=1S/C18H27BrN2/c1-4-11-20-18(16-8-7-9-17(19)15-16)10-14-21(12-5-2)13-6-3/h5-9,15,18,20H,2-4,10-14H2,1H3. The molecule has 1 N–H and O–H groups in total. The topological polar surface area (TPSA) is 15.3 Å². The SMILES string of the molecule is C=CCN(CC=C)CCC(NCCC)c1cccc(Br)c1. The van der Waals surface area contributed by atoms with E-state index in [-0.39, 0.29) is 0 Å². The summed E-state index contributed by atoms with van der Waals surface area (Å²) in [5.74, 6) is 0. The molecular weight excluding hydrogens is 324 g/mol. The van der Waals surface area contributed by atoms with Crippen molar-refractivity contribution in [3.63, 3.8) is 0 Å². The zero-order chi connectivity index (χ0) is 15.5. The van der Waals surface area contributed by atoms with E-state index < -0.39 is 0 Å². The molecule has 0 saturated heterocycles. The Morgan fingerprint density at radius 1 is 1.29 bits per heavy atom. The average molecular weight is 351 g/mol. The molecule has 0 saturated carbocycles. The lowest BCUT2D eigenvalue weighted by atomic mass is 10.0. The minimum atomic E-state index is 0.389. The van der Waals surface area contributed by atoms with Gasteiger partial charge in [0.05, 0.1) is 0 Å². The maximum absolute atomic E-state index is 3.83. The summed E-state index contributed by atoms with van der Waals surface area (Å²) < 4.78 is 1.14. The van der Waals surface area contributed by atoms with E-state index in [0.29, 0.717) is 6.04 Å². The van der Waals surface area contributed by atoms with Gasteiger partial charge in [-0.1, -0.05) is 47.1 Å². The van der Waals surface area contributed by atoms with Gasteiger partial charge in [0.25, 0.3) is 0 Å². The van der Waals surface area contributed by atoms with Crippen molar-refractivity contribution in [2.75, 3.05) is 26.2 Å². The van der Waals surface area contributed by atoms with Crippen molar-refractivity contribution in [2.45, 2.75) is 25.8 Å². The van der Waals surface area contributed by atoms with Crippen LogP contribution in [-0.2, 0) is 0 Å².